The Morgan fingerprint density at radius 1 is 1.06 bits per heavy atom. The smallest absolute Gasteiger partial charge is 0.332 e. The largest absolute Gasteiger partial charge is 0.419 e. The van der Waals surface area contributed by atoms with E-state index in [1.807, 2.05) is 0 Å². The van der Waals surface area contributed by atoms with Gasteiger partial charge in [0.1, 0.15) is 6.54 Å². The minimum absolute atomic E-state index is 0.112. The van der Waals surface area contributed by atoms with E-state index in [1.165, 1.54) is 11.6 Å². The van der Waals surface area contributed by atoms with E-state index in [2.05, 4.69) is 34.1 Å². The van der Waals surface area contributed by atoms with Gasteiger partial charge in [0.05, 0.1) is 10.0 Å². The maximum atomic E-state index is 13.2. The lowest BCUT2D eigenvalue weighted by atomic mass is 10.0. The van der Waals surface area contributed by atoms with Crippen LogP contribution in [0.5, 0.6) is 0 Å². The average molecular weight is 533 g/mol. The molecule has 4 aromatic rings. The van der Waals surface area contributed by atoms with Crippen LogP contribution >= 0.6 is 23.2 Å². The molecule has 1 saturated heterocycles. The summed E-state index contributed by atoms with van der Waals surface area (Å²) >= 11 is 12.2. The normalized spacial score (nSPS) is 14.9. The van der Waals surface area contributed by atoms with Crippen LogP contribution in [0.4, 0.5) is 5.95 Å². The summed E-state index contributed by atoms with van der Waals surface area (Å²) in [5.74, 6) is 1.16. The van der Waals surface area contributed by atoms with Crippen molar-refractivity contribution in [2.75, 3.05) is 32.1 Å². The second-order valence-corrected chi connectivity index (χ2v) is 10.0. The van der Waals surface area contributed by atoms with E-state index in [4.69, 9.17) is 32.6 Å². The molecule has 0 spiro atoms. The predicted octanol–water partition coefficient (Wildman–Crippen LogP) is 2.37. The summed E-state index contributed by atoms with van der Waals surface area (Å²) in [5, 5.41) is 9.15. The molecule has 11 nitrogen and oxygen atoms in total. The van der Waals surface area contributed by atoms with Crippen molar-refractivity contribution in [1.29, 1.82) is 0 Å². The van der Waals surface area contributed by atoms with Gasteiger partial charge >= 0.3 is 5.69 Å². The SMILES string of the molecule is CN(C)C1CCN(c2nc3c(c(=O)n(C)c(=O)n3C)n2Cc2nnc(-c3ccc(Cl)c(Cl)c3)o2)CC1. The van der Waals surface area contributed by atoms with E-state index >= 15 is 0 Å². The fourth-order valence-corrected chi connectivity index (χ4v) is 4.91. The molecule has 36 heavy (non-hydrogen) atoms. The first kappa shape index (κ1) is 24.5. The van der Waals surface area contributed by atoms with Gasteiger partial charge in [0.15, 0.2) is 11.2 Å². The van der Waals surface area contributed by atoms with E-state index in [0.717, 1.165) is 30.5 Å². The van der Waals surface area contributed by atoms with E-state index in [-0.39, 0.29) is 18.3 Å². The summed E-state index contributed by atoms with van der Waals surface area (Å²) in [7, 11) is 7.23. The van der Waals surface area contributed by atoms with Crippen molar-refractivity contribution in [3.05, 3.63) is 55.0 Å². The average Bonchev–Trinajstić information content (AvgIpc) is 3.49. The predicted molar refractivity (Wildman–Crippen MR) is 138 cm³/mol. The van der Waals surface area contributed by atoms with Gasteiger partial charge in [-0.05, 0) is 45.1 Å². The lowest BCUT2D eigenvalue weighted by Crippen LogP contribution is -2.43. The van der Waals surface area contributed by atoms with Crippen LogP contribution in [-0.2, 0) is 20.6 Å². The molecule has 0 unspecified atom stereocenters. The first-order valence-corrected chi connectivity index (χ1v) is 12.3. The Morgan fingerprint density at radius 3 is 2.44 bits per heavy atom. The van der Waals surface area contributed by atoms with Gasteiger partial charge in [-0.3, -0.25) is 18.5 Å². The number of fused-ring (bicyclic) bond motifs is 1. The lowest BCUT2D eigenvalue weighted by molar-refractivity contribution is 0.248. The van der Waals surface area contributed by atoms with Crippen molar-refractivity contribution >= 4 is 40.3 Å². The number of nitrogens with zero attached hydrogens (tertiary/aromatic N) is 8. The van der Waals surface area contributed by atoms with Crippen LogP contribution in [0.3, 0.4) is 0 Å². The van der Waals surface area contributed by atoms with Crippen molar-refractivity contribution in [3.8, 4) is 11.5 Å². The van der Waals surface area contributed by atoms with Gasteiger partial charge < -0.3 is 14.2 Å². The van der Waals surface area contributed by atoms with Crippen molar-refractivity contribution in [3.63, 3.8) is 0 Å². The number of rotatable bonds is 5. The number of benzene rings is 1. The Morgan fingerprint density at radius 2 is 1.78 bits per heavy atom. The van der Waals surface area contributed by atoms with Crippen molar-refractivity contribution in [2.24, 2.45) is 14.1 Å². The number of anilines is 1. The Balaban J connectivity index is 1.58. The van der Waals surface area contributed by atoms with Gasteiger partial charge in [-0.1, -0.05) is 23.2 Å². The standard InChI is InChI=1S/C23H26Cl2N8O3/c1-29(2)14-7-9-32(10-8-14)22-26-19-18(21(34)31(4)23(35)30(19)3)33(22)12-17-27-28-20(36-17)13-5-6-15(24)16(25)11-13/h5-6,11,14H,7-10,12H2,1-4H3. The zero-order chi connectivity index (χ0) is 25.7. The maximum Gasteiger partial charge on any atom is 0.332 e. The minimum Gasteiger partial charge on any atom is -0.419 e. The van der Waals surface area contributed by atoms with Gasteiger partial charge in [0, 0.05) is 38.8 Å². The molecule has 1 aromatic carbocycles. The van der Waals surface area contributed by atoms with Gasteiger partial charge in [0.2, 0.25) is 17.7 Å². The Hall–Kier alpha value is -3.15. The van der Waals surface area contributed by atoms with Crippen LogP contribution in [0, 0.1) is 0 Å². The van der Waals surface area contributed by atoms with E-state index in [1.54, 1.807) is 29.8 Å². The summed E-state index contributed by atoms with van der Waals surface area (Å²) in [4.78, 5) is 34.9. The highest BCUT2D eigenvalue weighted by Gasteiger charge is 2.28. The van der Waals surface area contributed by atoms with Gasteiger partial charge in [-0.2, -0.15) is 4.98 Å². The molecule has 1 fully saturated rings. The molecular weight excluding hydrogens is 507 g/mol. The number of hydrogen-bond donors (Lipinski definition) is 0. The number of imidazole rings is 1. The van der Waals surface area contributed by atoms with Crippen molar-refractivity contribution in [2.45, 2.75) is 25.4 Å². The highest BCUT2D eigenvalue weighted by molar-refractivity contribution is 6.42. The molecule has 0 saturated carbocycles. The number of piperidine rings is 1. The molecule has 5 rings (SSSR count). The van der Waals surface area contributed by atoms with E-state index < -0.39 is 11.2 Å². The number of halogens is 2. The van der Waals surface area contributed by atoms with Crippen molar-refractivity contribution < 1.29 is 4.42 Å². The highest BCUT2D eigenvalue weighted by atomic mass is 35.5. The van der Waals surface area contributed by atoms with Crippen LogP contribution in [0.15, 0.2) is 32.2 Å². The molecular formula is C23H26Cl2N8O3. The second-order valence-electron chi connectivity index (χ2n) is 9.19. The van der Waals surface area contributed by atoms with Gasteiger partial charge in [-0.15, -0.1) is 10.2 Å². The Kier molecular flexibility index (Phi) is 6.39. The fraction of sp³-hybridized carbons (Fsp3) is 0.435. The molecule has 0 bridgehead atoms. The van der Waals surface area contributed by atoms with E-state index in [9.17, 15) is 9.59 Å². The first-order valence-electron chi connectivity index (χ1n) is 11.5. The molecule has 190 valence electrons. The highest BCUT2D eigenvalue weighted by Crippen LogP contribution is 2.29. The zero-order valence-corrected chi connectivity index (χ0v) is 21.9. The lowest BCUT2D eigenvalue weighted by Gasteiger charge is -2.35. The number of aryl methyl sites for hydroxylation is 1. The molecule has 13 heteroatoms. The molecule has 4 heterocycles. The molecule has 3 aromatic heterocycles. The monoisotopic (exact) mass is 532 g/mol. The third-order valence-corrected chi connectivity index (χ3v) is 7.47. The summed E-state index contributed by atoms with van der Waals surface area (Å²) in [5.41, 5.74) is 0.382. The molecule has 0 radical (unpaired) electrons. The topological polar surface area (TPSA) is 107 Å². The van der Waals surface area contributed by atoms with Crippen LogP contribution in [-0.4, -0.2) is 67.0 Å². The molecule has 0 N–H and O–H groups in total. The van der Waals surface area contributed by atoms with Crippen LogP contribution in [0.2, 0.25) is 10.0 Å². The second kappa shape index (κ2) is 9.38. The Labute approximate surface area is 216 Å². The van der Waals surface area contributed by atoms with Crippen LogP contribution in [0.1, 0.15) is 18.7 Å². The van der Waals surface area contributed by atoms with Crippen LogP contribution in [0.25, 0.3) is 22.6 Å². The van der Waals surface area contributed by atoms with Gasteiger partial charge in [-0.25, -0.2) is 4.79 Å². The molecule has 1 aliphatic heterocycles. The quantitative estimate of drug-likeness (QED) is 0.385. The Bertz CT molecular complexity index is 1560. The summed E-state index contributed by atoms with van der Waals surface area (Å²) in [6, 6.07) is 5.52. The number of aromatic nitrogens is 6. The maximum absolute atomic E-state index is 13.2. The molecule has 0 amide bonds. The third kappa shape index (κ3) is 4.21. The minimum atomic E-state index is -0.435. The summed E-state index contributed by atoms with van der Waals surface area (Å²) in [6.45, 7) is 1.64. The summed E-state index contributed by atoms with van der Waals surface area (Å²) < 4.78 is 10.2. The molecule has 0 atom stereocenters. The zero-order valence-electron chi connectivity index (χ0n) is 20.4. The van der Waals surface area contributed by atoms with Crippen molar-refractivity contribution in [1.82, 2.24) is 33.8 Å². The first-order chi connectivity index (χ1) is 17.2. The van der Waals surface area contributed by atoms with Crippen LogP contribution < -0.4 is 16.1 Å². The summed E-state index contributed by atoms with van der Waals surface area (Å²) in [6.07, 6.45) is 1.91. The molecule has 1 aliphatic rings. The third-order valence-electron chi connectivity index (χ3n) is 6.73. The van der Waals surface area contributed by atoms with E-state index in [0.29, 0.717) is 38.8 Å². The van der Waals surface area contributed by atoms with Gasteiger partial charge in [0.25, 0.3) is 5.56 Å². The number of hydrogen-bond acceptors (Lipinski definition) is 8. The molecule has 0 aliphatic carbocycles. The fourth-order valence-electron chi connectivity index (χ4n) is 4.61.